The highest BCUT2D eigenvalue weighted by Crippen LogP contribution is 2.31. The summed E-state index contributed by atoms with van der Waals surface area (Å²) >= 11 is 0. The molecule has 2 aliphatic rings. The number of benzene rings is 1. The van der Waals surface area contributed by atoms with Gasteiger partial charge in [-0.25, -0.2) is 4.98 Å². The van der Waals surface area contributed by atoms with Crippen LogP contribution in [0.25, 0.3) is 11.1 Å². The minimum absolute atomic E-state index is 0.108. The Morgan fingerprint density at radius 1 is 1.24 bits per heavy atom. The highest BCUT2D eigenvalue weighted by atomic mass is 16.3. The van der Waals surface area contributed by atoms with Gasteiger partial charge in [-0.15, -0.1) is 0 Å². The quantitative estimate of drug-likeness (QED) is 0.751. The minimum atomic E-state index is 0.108. The molecular weight excluding hydrogens is 316 g/mol. The lowest BCUT2D eigenvalue weighted by Crippen LogP contribution is -2.34. The fourth-order valence-corrected chi connectivity index (χ4v) is 4.14. The zero-order valence-corrected chi connectivity index (χ0v) is 14.5. The molecule has 1 aromatic heterocycles. The van der Waals surface area contributed by atoms with Crippen LogP contribution in [0, 0.1) is 5.92 Å². The number of hydrogen-bond acceptors (Lipinski definition) is 5. The molecule has 4 rings (SSSR count). The van der Waals surface area contributed by atoms with E-state index in [0.29, 0.717) is 43.3 Å². The Bertz CT molecular complexity index is 696. The molecule has 1 aromatic carbocycles. The molecule has 2 fully saturated rings. The number of rotatable bonds is 6. The van der Waals surface area contributed by atoms with Crippen LogP contribution in [0.15, 0.2) is 28.7 Å². The second-order valence-corrected chi connectivity index (χ2v) is 7.16. The van der Waals surface area contributed by atoms with E-state index in [4.69, 9.17) is 4.42 Å². The topological polar surface area (TPSA) is 79.2 Å². The van der Waals surface area contributed by atoms with Gasteiger partial charge in [-0.1, -0.05) is 25.0 Å². The Hall–Kier alpha value is -1.92. The lowest BCUT2D eigenvalue weighted by atomic mass is 9.80. The molecule has 6 heteroatoms. The smallest absolute Gasteiger partial charge is 0.220 e. The van der Waals surface area contributed by atoms with E-state index in [2.05, 4.69) is 21.2 Å². The van der Waals surface area contributed by atoms with Crippen molar-refractivity contribution in [1.29, 1.82) is 0 Å². The first-order valence-corrected chi connectivity index (χ1v) is 9.42. The fraction of sp³-hybridized carbons (Fsp3) is 0.579. The van der Waals surface area contributed by atoms with Crippen LogP contribution in [0.2, 0.25) is 0 Å². The van der Waals surface area contributed by atoms with Crippen LogP contribution in [-0.2, 0) is 11.2 Å². The Kier molecular flexibility index (Phi) is 4.99. The monoisotopic (exact) mass is 342 g/mol. The number of carbonyl (C=O) groups is 1. The standard InChI is InChI=1S/C19H26N4O2/c24-18(10-9-15-13-5-1-2-6-14(13)22-23-15)20-12-11-19-21-16-7-3-4-8-17(16)25-19/h3-4,7-8,13-15,22-23H,1-2,5-6,9-12H2,(H,20,24). The third-order valence-electron chi connectivity index (χ3n) is 5.47. The van der Waals surface area contributed by atoms with Crippen molar-refractivity contribution in [2.24, 2.45) is 5.92 Å². The average Bonchev–Trinajstić information content (AvgIpc) is 3.23. The number of nitrogens with zero attached hydrogens (tertiary/aromatic N) is 1. The van der Waals surface area contributed by atoms with Gasteiger partial charge < -0.3 is 9.73 Å². The van der Waals surface area contributed by atoms with Gasteiger partial charge >= 0.3 is 0 Å². The number of nitrogens with one attached hydrogen (secondary N) is 3. The molecule has 0 spiro atoms. The Balaban J connectivity index is 1.19. The second kappa shape index (κ2) is 7.54. The molecule has 2 aromatic rings. The summed E-state index contributed by atoms with van der Waals surface area (Å²) in [6.07, 6.45) is 7.24. The largest absolute Gasteiger partial charge is 0.441 e. The molecule has 6 nitrogen and oxygen atoms in total. The first-order chi connectivity index (χ1) is 12.3. The summed E-state index contributed by atoms with van der Waals surface area (Å²) in [6.45, 7) is 0.564. The summed E-state index contributed by atoms with van der Waals surface area (Å²) in [6, 6.07) is 8.74. The zero-order chi connectivity index (χ0) is 17.1. The van der Waals surface area contributed by atoms with Crippen molar-refractivity contribution < 1.29 is 9.21 Å². The number of carbonyl (C=O) groups excluding carboxylic acids is 1. The van der Waals surface area contributed by atoms with Crippen LogP contribution in [0.4, 0.5) is 0 Å². The summed E-state index contributed by atoms with van der Waals surface area (Å²) in [5.41, 5.74) is 8.47. The molecular formula is C19H26N4O2. The van der Waals surface area contributed by atoms with Crippen molar-refractivity contribution in [2.75, 3.05) is 6.54 Å². The maximum atomic E-state index is 12.1. The number of hydrogen-bond donors (Lipinski definition) is 3. The van der Waals surface area contributed by atoms with Gasteiger partial charge in [-0.3, -0.25) is 15.6 Å². The van der Waals surface area contributed by atoms with E-state index in [-0.39, 0.29) is 5.91 Å². The molecule has 1 amide bonds. The maximum Gasteiger partial charge on any atom is 0.220 e. The predicted octanol–water partition coefficient (Wildman–Crippen LogP) is 2.30. The number of aromatic nitrogens is 1. The third kappa shape index (κ3) is 3.85. The molecule has 0 radical (unpaired) electrons. The fourth-order valence-electron chi connectivity index (χ4n) is 4.14. The Morgan fingerprint density at radius 3 is 3.04 bits per heavy atom. The van der Waals surface area contributed by atoms with Crippen LogP contribution in [0.5, 0.6) is 0 Å². The average molecular weight is 342 g/mol. The van der Waals surface area contributed by atoms with E-state index in [1.54, 1.807) is 0 Å². The van der Waals surface area contributed by atoms with Gasteiger partial charge in [0.15, 0.2) is 11.5 Å². The third-order valence-corrected chi connectivity index (χ3v) is 5.47. The summed E-state index contributed by atoms with van der Waals surface area (Å²) in [4.78, 5) is 16.5. The molecule has 3 atom stereocenters. The maximum absolute atomic E-state index is 12.1. The van der Waals surface area contributed by atoms with Gasteiger partial charge in [-0.05, 0) is 37.3 Å². The molecule has 3 N–H and O–H groups in total. The van der Waals surface area contributed by atoms with E-state index < -0.39 is 0 Å². The van der Waals surface area contributed by atoms with Crippen molar-refractivity contribution in [2.45, 2.75) is 57.0 Å². The predicted molar refractivity (Wildman–Crippen MR) is 95.8 cm³/mol. The SMILES string of the molecule is O=C(CCC1NNC2CCCCC21)NCCc1nc2ccccc2o1. The normalized spacial score (nSPS) is 25.8. The van der Waals surface area contributed by atoms with E-state index in [0.717, 1.165) is 17.5 Å². The van der Waals surface area contributed by atoms with Crippen LogP contribution in [-0.4, -0.2) is 29.5 Å². The van der Waals surface area contributed by atoms with Crippen LogP contribution >= 0.6 is 0 Å². The zero-order valence-electron chi connectivity index (χ0n) is 14.5. The van der Waals surface area contributed by atoms with E-state index in [9.17, 15) is 4.79 Å². The first kappa shape index (κ1) is 16.5. The summed E-state index contributed by atoms with van der Waals surface area (Å²) in [5, 5.41) is 2.98. The van der Waals surface area contributed by atoms with Gasteiger partial charge in [0.25, 0.3) is 0 Å². The van der Waals surface area contributed by atoms with Gasteiger partial charge in [0.05, 0.1) is 0 Å². The molecule has 1 saturated heterocycles. The molecule has 1 saturated carbocycles. The lowest BCUT2D eigenvalue weighted by Gasteiger charge is -2.27. The van der Waals surface area contributed by atoms with Crippen molar-refractivity contribution >= 4 is 17.0 Å². The highest BCUT2D eigenvalue weighted by molar-refractivity contribution is 5.76. The Labute approximate surface area is 147 Å². The van der Waals surface area contributed by atoms with E-state index >= 15 is 0 Å². The van der Waals surface area contributed by atoms with Gasteiger partial charge in [-0.2, -0.15) is 0 Å². The Morgan fingerprint density at radius 2 is 2.12 bits per heavy atom. The minimum Gasteiger partial charge on any atom is -0.441 e. The number of para-hydroxylation sites is 2. The molecule has 25 heavy (non-hydrogen) atoms. The highest BCUT2D eigenvalue weighted by Gasteiger charge is 2.36. The van der Waals surface area contributed by atoms with Crippen molar-refractivity contribution in [3.8, 4) is 0 Å². The van der Waals surface area contributed by atoms with Gasteiger partial charge in [0.1, 0.15) is 5.52 Å². The van der Waals surface area contributed by atoms with Crippen molar-refractivity contribution in [3.05, 3.63) is 30.2 Å². The molecule has 0 bridgehead atoms. The number of oxazole rings is 1. The summed E-state index contributed by atoms with van der Waals surface area (Å²) in [5.74, 6) is 1.46. The van der Waals surface area contributed by atoms with E-state index in [1.165, 1.54) is 25.7 Å². The van der Waals surface area contributed by atoms with Crippen molar-refractivity contribution in [3.63, 3.8) is 0 Å². The van der Waals surface area contributed by atoms with Gasteiger partial charge in [0.2, 0.25) is 5.91 Å². The summed E-state index contributed by atoms with van der Waals surface area (Å²) in [7, 11) is 0. The van der Waals surface area contributed by atoms with Crippen LogP contribution in [0.1, 0.15) is 44.4 Å². The molecule has 134 valence electrons. The number of amides is 1. The summed E-state index contributed by atoms with van der Waals surface area (Å²) < 4.78 is 5.67. The molecule has 1 aliphatic carbocycles. The molecule has 3 unspecified atom stereocenters. The van der Waals surface area contributed by atoms with E-state index in [1.807, 2.05) is 24.3 Å². The lowest BCUT2D eigenvalue weighted by molar-refractivity contribution is -0.121. The first-order valence-electron chi connectivity index (χ1n) is 9.42. The van der Waals surface area contributed by atoms with Crippen LogP contribution < -0.4 is 16.2 Å². The number of hydrazine groups is 1. The molecule has 2 heterocycles. The second-order valence-electron chi connectivity index (χ2n) is 7.16. The van der Waals surface area contributed by atoms with Crippen molar-refractivity contribution in [1.82, 2.24) is 21.2 Å². The van der Waals surface area contributed by atoms with Crippen LogP contribution in [0.3, 0.4) is 0 Å². The number of fused-ring (bicyclic) bond motifs is 2. The molecule has 1 aliphatic heterocycles. The van der Waals surface area contributed by atoms with Gasteiger partial charge in [0, 0.05) is 31.5 Å².